The van der Waals surface area contributed by atoms with Crippen molar-refractivity contribution in [2.75, 3.05) is 82.9 Å². The molecule has 0 aliphatic rings. The van der Waals surface area contributed by atoms with Gasteiger partial charge >= 0.3 is 11.9 Å². The number of ketones is 2. The first kappa shape index (κ1) is 57.9. The van der Waals surface area contributed by atoms with Gasteiger partial charge < -0.3 is 50.3 Å². The summed E-state index contributed by atoms with van der Waals surface area (Å²) in [6, 6.07) is 35.0. The molecule has 4 aromatic carbocycles. The first-order valence-corrected chi connectivity index (χ1v) is 25.8. The second-order valence-corrected chi connectivity index (χ2v) is 18.5. The second-order valence-electron chi connectivity index (χ2n) is 17.3. The van der Waals surface area contributed by atoms with Gasteiger partial charge in [-0.3, -0.25) is 29.0 Å². The van der Waals surface area contributed by atoms with Crippen molar-refractivity contribution in [3.05, 3.63) is 160 Å². The van der Waals surface area contributed by atoms with Gasteiger partial charge in [0.05, 0.1) is 95.2 Å². The van der Waals surface area contributed by atoms with Gasteiger partial charge in [-0.1, -0.05) is 91.0 Å². The largest absolute Gasteiger partial charge is 0.481 e. The van der Waals surface area contributed by atoms with E-state index in [9.17, 15) is 39.0 Å². The number of nitrogens with one attached hydrogen (secondary N) is 3. The number of Topliss-reactive ketones (excluding diaryl/α,β-unsaturated/α-hetero) is 2. The number of aromatic nitrogens is 4. The highest BCUT2D eigenvalue weighted by Gasteiger charge is 2.38. The Morgan fingerprint density at radius 2 is 1.13 bits per heavy atom. The minimum absolute atomic E-state index is 0.0463. The third-order valence-electron chi connectivity index (χ3n) is 11.8. The number of rotatable bonds is 36. The van der Waals surface area contributed by atoms with Crippen LogP contribution in [0.1, 0.15) is 64.8 Å². The van der Waals surface area contributed by atoms with Crippen LogP contribution in [-0.2, 0) is 54.2 Å². The molecule has 20 nitrogen and oxygen atoms in total. The van der Waals surface area contributed by atoms with Crippen LogP contribution >= 0.6 is 11.8 Å². The molecule has 0 bridgehead atoms. The lowest BCUT2D eigenvalue weighted by atomic mass is 9.84. The number of carboxylic acids is 2. The van der Waals surface area contributed by atoms with Crippen LogP contribution in [0.4, 0.5) is 11.6 Å². The molecule has 7 N–H and O–H groups in total. The molecule has 21 heteroatoms. The Bertz CT molecular complexity index is 2750. The summed E-state index contributed by atoms with van der Waals surface area (Å²) >= 11 is 1.52. The number of H-pyrrole nitrogens is 1. The molecule has 2 atom stereocenters. The van der Waals surface area contributed by atoms with E-state index < -0.39 is 40.1 Å². The normalized spacial score (nSPS) is 12.2. The molecule has 2 aromatic heterocycles. The fraction of sp³-hybridized carbons (Fsp3) is 0.364. The number of carboxylic acid groups (broad SMARTS) is 2. The molecule has 402 valence electrons. The van der Waals surface area contributed by atoms with E-state index >= 15 is 0 Å². The van der Waals surface area contributed by atoms with Gasteiger partial charge in [-0.2, -0.15) is 4.98 Å². The van der Waals surface area contributed by atoms with E-state index in [1.165, 1.54) is 30.1 Å². The summed E-state index contributed by atoms with van der Waals surface area (Å²) in [5, 5.41) is 25.5. The Morgan fingerprint density at radius 1 is 0.632 bits per heavy atom. The molecule has 0 saturated heterocycles. The predicted octanol–water partition coefficient (Wildman–Crippen LogP) is 5.69. The lowest BCUT2D eigenvalue weighted by Gasteiger charge is -2.36. The van der Waals surface area contributed by atoms with Crippen LogP contribution in [0.5, 0.6) is 0 Å². The van der Waals surface area contributed by atoms with Crippen molar-refractivity contribution < 1.29 is 57.9 Å². The molecule has 0 unspecified atom stereocenters. The molecule has 0 saturated carbocycles. The van der Waals surface area contributed by atoms with Gasteiger partial charge in [0.2, 0.25) is 5.95 Å². The van der Waals surface area contributed by atoms with Gasteiger partial charge in [-0.15, -0.1) is 11.8 Å². The second kappa shape index (κ2) is 30.8. The number of nitrogens with two attached hydrogens (primary N) is 1. The zero-order chi connectivity index (χ0) is 54.0. The molecule has 0 aliphatic carbocycles. The smallest absolute Gasteiger partial charge is 0.326 e. The molecule has 0 radical (unpaired) electrons. The van der Waals surface area contributed by atoms with Crippen molar-refractivity contribution in [1.82, 2.24) is 25.3 Å². The number of nitrogen functional groups attached to an aromatic ring is 1. The molecule has 6 rings (SSSR count). The monoisotopic (exact) mass is 1060 g/mol. The van der Waals surface area contributed by atoms with Crippen LogP contribution in [0.25, 0.3) is 11.2 Å². The van der Waals surface area contributed by atoms with Crippen molar-refractivity contribution in [2.45, 2.75) is 49.4 Å². The fourth-order valence-corrected chi connectivity index (χ4v) is 9.48. The summed E-state index contributed by atoms with van der Waals surface area (Å²) < 4.78 is 26.9. The van der Waals surface area contributed by atoms with Gasteiger partial charge in [0.1, 0.15) is 17.6 Å². The average Bonchev–Trinajstić information content (AvgIpc) is 3.45. The fourth-order valence-electron chi connectivity index (χ4n) is 7.86. The number of ether oxygens (including phenoxy) is 5. The Labute approximate surface area is 443 Å². The van der Waals surface area contributed by atoms with E-state index in [2.05, 4.69) is 67.0 Å². The maximum absolute atomic E-state index is 13.0. The Hall–Kier alpha value is -7.40. The molecule has 6 aromatic rings. The lowest BCUT2D eigenvalue weighted by Crippen LogP contribution is -2.41. The van der Waals surface area contributed by atoms with E-state index in [-0.39, 0.29) is 112 Å². The van der Waals surface area contributed by atoms with Gasteiger partial charge in [-0.25, -0.2) is 14.8 Å². The molecule has 0 aliphatic heterocycles. The summed E-state index contributed by atoms with van der Waals surface area (Å²) in [5.74, 6) is -4.04. The number of hydrogen-bond donors (Lipinski definition) is 6. The van der Waals surface area contributed by atoms with E-state index in [1.807, 2.05) is 54.6 Å². The predicted molar refractivity (Wildman–Crippen MR) is 285 cm³/mol. The maximum Gasteiger partial charge on any atom is 0.326 e. The number of benzene rings is 4. The molecular weight excluding hydrogens is 999 g/mol. The SMILES string of the molecule is Nc1nc2ncc(CNc3ccc(C(=O)N[C@@H](CCC(=O)CCOCCOCCOCCOCCOCCC(=O)C[C@@H](CSC(c4ccccc4)(c4ccccc4)c4ccccc4)C(=O)O)C(=O)O)cc3)nc2c(=O)[nH]1. The summed E-state index contributed by atoms with van der Waals surface area (Å²) in [6.07, 6.45) is 1.35. The maximum atomic E-state index is 13.0. The number of aliphatic carboxylic acids is 2. The zero-order valence-corrected chi connectivity index (χ0v) is 42.8. The Kier molecular flexibility index (Phi) is 23.5. The molecule has 1 amide bonds. The van der Waals surface area contributed by atoms with Crippen molar-refractivity contribution >= 4 is 64.0 Å². The third-order valence-corrected chi connectivity index (χ3v) is 13.5. The molecular formula is C55H63N7O13S. The van der Waals surface area contributed by atoms with Gasteiger partial charge in [0.15, 0.2) is 11.2 Å². The molecule has 0 fully saturated rings. The topological polar surface area (TPSA) is 294 Å². The van der Waals surface area contributed by atoms with Crippen LogP contribution in [-0.4, -0.2) is 137 Å². The summed E-state index contributed by atoms with van der Waals surface area (Å²) in [7, 11) is 0. The summed E-state index contributed by atoms with van der Waals surface area (Å²) in [5.41, 5.74) is 9.56. The van der Waals surface area contributed by atoms with E-state index in [1.54, 1.807) is 12.1 Å². The van der Waals surface area contributed by atoms with Crippen LogP contribution in [0, 0.1) is 5.92 Å². The minimum Gasteiger partial charge on any atom is -0.481 e. The van der Waals surface area contributed by atoms with Gasteiger partial charge in [0, 0.05) is 42.7 Å². The average molecular weight is 1060 g/mol. The lowest BCUT2D eigenvalue weighted by molar-refractivity contribution is -0.143. The molecule has 76 heavy (non-hydrogen) atoms. The van der Waals surface area contributed by atoms with E-state index in [4.69, 9.17) is 29.4 Å². The van der Waals surface area contributed by atoms with Crippen molar-refractivity contribution in [3.8, 4) is 0 Å². The number of carbonyl (C=O) groups is 5. The number of thioether (sulfide) groups is 1. The Morgan fingerprint density at radius 3 is 1.63 bits per heavy atom. The highest BCUT2D eigenvalue weighted by Crippen LogP contribution is 2.49. The number of hydrogen-bond acceptors (Lipinski definition) is 17. The van der Waals surface area contributed by atoms with E-state index in [0.717, 1.165) is 16.7 Å². The van der Waals surface area contributed by atoms with Crippen LogP contribution in [0.3, 0.4) is 0 Å². The Balaban J connectivity index is 0.751. The number of aromatic amines is 1. The zero-order valence-electron chi connectivity index (χ0n) is 41.9. The van der Waals surface area contributed by atoms with E-state index in [0.29, 0.717) is 44.4 Å². The number of amides is 1. The number of anilines is 2. The first-order valence-electron chi connectivity index (χ1n) is 24.8. The van der Waals surface area contributed by atoms with Crippen LogP contribution < -0.4 is 21.9 Å². The van der Waals surface area contributed by atoms with Crippen LogP contribution in [0.15, 0.2) is 126 Å². The quantitative estimate of drug-likeness (QED) is 0.0203. The van der Waals surface area contributed by atoms with Crippen molar-refractivity contribution in [3.63, 3.8) is 0 Å². The standard InChI is InChI=1S/C55H63N7O13S/c56-54-61-49-48(51(66)62-54)59-44(36-58-49)35-57-43-18-16-38(17-19-43)50(65)60-47(53(69)70)21-20-45(63)22-24-71-26-28-73-30-32-75-33-31-74-29-27-72-25-23-46(64)34-39(52(67)68)37-76-55(40-10-4-1-5-11-40,41-12-6-2-7-13-41)42-14-8-3-9-15-42/h1-19,36,39,47,57H,20-35,37H2,(H,60,65)(H,67,68)(H,69,70)(H3,56,58,61,62,66)/t39-,47-/m0/s1. The van der Waals surface area contributed by atoms with Crippen molar-refractivity contribution in [1.29, 1.82) is 0 Å². The molecule has 0 spiro atoms. The van der Waals surface area contributed by atoms with Crippen LogP contribution in [0.2, 0.25) is 0 Å². The summed E-state index contributed by atoms with van der Waals surface area (Å²) in [6.45, 7) is 2.88. The third kappa shape index (κ3) is 18.2. The first-order chi connectivity index (χ1) is 36.9. The minimum atomic E-state index is -1.28. The summed E-state index contributed by atoms with van der Waals surface area (Å²) in [4.78, 5) is 89.5. The van der Waals surface area contributed by atoms with Gasteiger partial charge in [-0.05, 0) is 47.4 Å². The highest BCUT2D eigenvalue weighted by molar-refractivity contribution is 8.00. The number of nitrogens with zero attached hydrogens (tertiary/aromatic N) is 3. The number of fused-ring (bicyclic) bond motifs is 1. The van der Waals surface area contributed by atoms with Gasteiger partial charge in [0.25, 0.3) is 11.5 Å². The van der Waals surface area contributed by atoms with Crippen molar-refractivity contribution in [2.24, 2.45) is 5.92 Å². The number of carbonyl (C=O) groups excluding carboxylic acids is 3. The molecule has 2 heterocycles. The highest BCUT2D eigenvalue weighted by atomic mass is 32.2.